The van der Waals surface area contributed by atoms with Crippen LogP contribution in [-0.4, -0.2) is 18.0 Å². The Morgan fingerprint density at radius 1 is 0.542 bits per heavy atom. The first-order chi connectivity index (χ1) is 11.8. The van der Waals surface area contributed by atoms with Crippen LogP contribution in [0.2, 0.25) is 0 Å². The molecule has 24 heavy (non-hydrogen) atoms. The van der Waals surface area contributed by atoms with E-state index in [9.17, 15) is 5.11 Å². The van der Waals surface area contributed by atoms with E-state index in [0.29, 0.717) is 0 Å². The molecule has 1 unspecified atom stereocenters. The maximum Gasteiger partial charge on any atom is 0.154 e. The minimum Gasteiger partial charge on any atom is -0.368 e. The lowest BCUT2D eigenvalue weighted by Crippen LogP contribution is -2.12. The van der Waals surface area contributed by atoms with E-state index in [1.165, 1.54) is 96.3 Å². The number of hydrogen-bond acceptors (Lipinski definition) is 2. The molecule has 0 radical (unpaired) electrons. The molecule has 0 spiro atoms. The zero-order valence-electron chi connectivity index (χ0n) is 16.9. The Morgan fingerprint density at radius 2 is 0.917 bits per heavy atom. The quantitative estimate of drug-likeness (QED) is 0.185. The topological polar surface area (TPSA) is 29.5 Å². The monoisotopic (exact) mass is 342 g/mol. The Morgan fingerprint density at radius 3 is 1.38 bits per heavy atom. The first kappa shape index (κ1) is 23.9. The average molecular weight is 343 g/mol. The van der Waals surface area contributed by atoms with Crippen LogP contribution in [0.3, 0.4) is 0 Å². The van der Waals surface area contributed by atoms with Crippen molar-refractivity contribution in [3.63, 3.8) is 0 Å². The summed E-state index contributed by atoms with van der Waals surface area (Å²) < 4.78 is 5.52. The molecule has 0 aliphatic rings. The zero-order chi connectivity index (χ0) is 17.7. The Labute approximate surface area is 152 Å². The van der Waals surface area contributed by atoms with Crippen LogP contribution >= 0.6 is 0 Å². The van der Waals surface area contributed by atoms with Crippen molar-refractivity contribution in [2.45, 2.75) is 136 Å². The van der Waals surface area contributed by atoms with E-state index >= 15 is 0 Å². The Balaban J connectivity index is 3.11. The molecule has 0 aliphatic carbocycles. The molecule has 0 heterocycles. The number of aliphatic hydroxyl groups excluding tert-OH is 1. The highest BCUT2D eigenvalue weighted by molar-refractivity contribution is 4.50. The van der Waals surface area contributed by atoms with Gasteiger partial charge in [-0.3, -0.25) is 0 Å². The maximum absolute atomic E-state index is 9.82. The van der Waals surface area contributed by atoms with Gasteiger partial charge < -0.3 is 9.84 Å². The van der Waals surface area contributed by atoms with Crippen molar-refractivity contribution in [1.82, 2.24) is 0 Å². The van der Waals surface area contributed by atoms with Crippen LogP contribution in [0.5, 0.6) is 0 Å². The molecule has 2 heteroatoms. The molecule has 0 bridgehead atoms. The highest BCUT2D eigenvalue weighted by atomic mass is 16.6. The van der Waals surface area contributed by atoms with Crippen molar-refractivity contribution < 1.29 is 9.84 Å². The van der Waals surface area contributed by atoms with E-state index in [0.717, 1.165) is 25.9 Å². The second kappa shape index (κ2) is 21.0. The van der Waals surface area contributed by atoms with Crippen LogP contribution in [-0.2, 0) is 4.74 Å². The van der Waals surface area contributed by atoms with E-state index < -0.39 is 6.29 Å². The lowest BCUT2D eigenvalue weighted by atomic mass is 10.1. The molecule has 0 fully saturated rings. The molecule has 1 atom stereocenters. The number of hydrogen-bond donors (Lipinski definition) is 1. The van der Waals surface area contributed by atoms with Gasteiger partial charge in [-0.1, -0.05) is 110 Å². The SMILES string of the molecule is CCCCCCCCCCCOC(O)CCCCCCCCCC. The molecule has 2 nitrogen and oxygen atoms in total. The van der Waals surface area contributed by atoms with Crippen LogP contribution < -0.4 is 0 Å². The third kappa shape index (κ3) is 20.0. The standard InChI is InChI=1S/C22H46O2/c1-3-5-7-9-11-13-15-17-19-21-24-22(23)20-18-16-14-12-10-8-6-4-2/h22-23H,3-21H2,1-2H3. The van der Waals surface area contributed by atoms with Crippen LogP contribution in [0.1, 0.15) is 129 Å². The maximum atomic E-state index is 9.82. The van der Waals surface area contributed by atoms with Gasteiger partial charge in [-0.15, -0.1) is 0 Å². The molecule has 0 aromatic heterocycles. The van der Waals surface area contributed by atoms with Crippen LogP contribution in [0.4, 0.5) is 0 Å². The summed E-state index contributed by atoms with van der Waals surface area (Å²) >= 11 is 0. The highest BCUT2D eigenvalue weighted by Gasteiger charge is 2.03. The predicted molar refractivity (Wildman–Crippen MR) is 106 cm³/mol. The third-order valence-corrected chi connectivity index (χ3v) is 4.86. The summed E-state index contributed by atoms with van der Waals surface area (Å²) in [5, 5.41) is 9.82. The van der Waals surface area contributed by atoms with Gasteiger partial charge in [0.15, 0.2) is 6.29 Å². The molecular formula is C22H46O2. The summed E-state index contributed by atoms with van der Waals surface area (Å²) in [5.41, 5.74) is 0. The van der Waals surface area contributed by atoms with Gasteiger partial charge in [-0.2, -0.15) is 0 Å². The summed E-state index contributed by atoms with van der Waals surface area (Å²) in [4.78, 5) is 0. The minimum atomic E-state index is -0.529. The number of aliphatic hydroxyl groups is 1. The first-order valence-corrected chi connectivity index (χ1v) is 11.1. The van der Waals surface area contributed by atoms with Crippen LogP contribution in [0, 0.1) is 0 Å². The number of unbranched alkanes of at least 4 members (excludes halogenated alkanes) is 15. The molecule has 0 rings (SSSR count). The van der Waals surface area contributed by atoms with Crippen molar-refractivity contribution in [2.24, 2.45) is 0 Å². The summed E-state index contributed by atoms with van der Waals surface area (Å²) in [5.74, 6) is 0. The second-order valence-electron chi connectivity index (χ2n) is 7.42. The fourth-order valence-electron chi connectivity index (χ4n) is 3.17. The largest absolute Gasteiger partial charge is 0.368 e. The van der Waals surface area contributed by atoms with Gasteiger partial charge in [-0.25, -0.2) is 0 Å². The summed E-state index contributed by atoms with van der Waals surface area (Å²) in [6.45, 7) is 5.26. The Hall–Kier alpha value is -0.0800. The van der Waals surface area contributed by atoms with Gasteiger partial charge in [0.05, 0.1) is 0 Å². The summed E-state index contributed by atoms with van der Waals surface area (Å²) in [6, 6.07) is 0. The van der Waals surface area contributed by atoms with Gasteiger partial charge >= 0.3 is 0 Å². The Kier molecular flexibility index (Phi) is 20.9. The summed E-state index contributed by atoms with van der Waals surface area (Å²) in [6.07, 6.45) is 22.7. The van der Waals surface area contributed by atoms with Crippen molar-refractivity contribution >= 4 is 0 Å². The smallest absolute Gasteiger partial charge is 0.154 e. The minimum absolute atomic E-state index is 0.529. The van der Waals surface area contributed by atoms with Gasteiger partial charge in [0.25, 0.3) is 0 Å². The molecule has 0 amide bonds. The second-order valence-corrected chi connectivity index (χ2v) is 7.42. The van der Waals surface area contributed by atoms with E-state index in [1.54, 1.807) is 0 Å². The predicted octanol–water partition coefficient (Wildman–Crippen LogP) is 7.38. The first-order valence-electron chi connectivity index (χ1n) is 11.1. The van der Waals surface area contributed by atoms with Gasteiger partial charge in [0.2, 0.25) is 0 Å². The summed E-state index contributed by atoms with van der Waals surface area (Å²) in [7, 11) is 0. The lowest BCUT2D eigenvalue weighted by molar-refractivity contribution is -0.105. The molecule has 0 aromatic carbocycles. The highest BCUT2D eigenvalue weighted by Crippen LogP contribution is 2.12. The molecule has 0 aliphatic heterocycles. The van der Waals surface area contributed by atoms with E-state index in [2.05, 4.69) is 13.8 Å². The fraction of sp³-hybridized carbons (Fsp3) is 1.00. The lowest BCUT2D eigenvalue weighted by Gasteiger charge is -2.11. The van der Waals surface area contributed by atoms with E-state index in [-0.39, 0.29) is 0 Å². The normalized spacial score (nSPS) is 12.6. The molecule has 146 valence electrons. The Bertz CT molecular complexity index is 218. The molecule has 0 saturated carbocycles. The van der Waals surface area contributed by atoms with Gasteiger partial charge in [0.1, 0.15) is 0 Å². The van der Waals surface area contributed by atoms with Gasteiger partial charge in [-0.05, 0) is 19.3 Å². The van der Waals surface area contributed by atoms with Crippen LogP contribution in [0.15, 0.2) is 0 Å². The fourth-order valence-corrected chi connectivity index (χ4v) is 3.17. The number of ether oxygens (including phenoxy) is 1. The van der Waals surface area contributed by atoms with Crippen molar-refractivity contribution in [1.29, 1.82) is 0 Å². The van der Waals surface area contributed by atoms with E-state index in [4.69, 9.17) is 4.74 Å². The molecular weight excluding hydrogens is 296 g/mol. The number of rotatable bonds is 20. The van der Waals surface area contributed by atoms with Crippen molar-refractivity contribution in [3.05, 3.63) is 0 Å². The van der Waals surface area contributed by atoms with E-state index in [1.807, 2.05) is 0 Å². The van der Waals surface area contributed by atoms with Gasteiger partial charge in [0, 0.05) is 6.61 Å². The third-order valence-electron chi connectivity index (χ3n) is 4.86. The molecule has 1 N–H and O–H groups in total. The average Bonchev–Trinajstić information content (AvgIpc) is 2.59. The zero-order valence-corrected chi connectivity index (χ0v) is 16.9. The van der Waals surface area contributed by atoms with Crippen LogP contribution in [0.25, 0.3) is 0 Å². The molecule has 0 saturated heterocycles. The van der Waals surface area contributed by atoms with Crippen molar-refractivity contribution in [2.75, 3.05) is 6.61 Å². The van der Waals surface area contributed by atoms with Crippen molar-refractivity contribution in [3.8, 4) is 0 Å². The molecule has 0 aromatic rings.